The van der Waals surface area contributed by atoms with E-state index in [1.165, 1.54) is 35.5 Å². The first-order valence-electron chi connectivity index (χ1n) is 10.5. The number of aromatic carboxylic acids is 1. The van der Waals surface area contributed by atoms with Gasteiger partial charge in [0.2, 0.25) is 0 Å². The molecule has 1 aliphatic rings. The van der Waals surface area contributed by atoms with Gasteiger partial charge in [-0.05, 0) is 47.0 Å². The number of amides is 1. The van der Waals surface area contributed by atoms with Crippen molar-refractivity contribution in [2.24, 2.45) is 7.05 Å². The van der Waals surface area contributed by atoms with Crippen LogP contribution in [0.4, 0.5) is 18.9 Å². The molecule has 4 aromatic rings. The number of benzene rings is 3. The Morgan fingerprint density at radius 3 is 2.37 bits per heavy atom. The van der Waals surface area contributed by atoms with Crippen molar-refractivity contribution in [2.75, 3.05) is 4.90 Å². The summed E-state index contributed by atoms with van der Waals surface area (Å²) < 4.78 is 42.2. The summed E-state index contributed by atoms with van der Waals surface area (Å²) in [5, 5.41) is 13.8. The number of rotatable bonds is 4. The van der Waals surface area contributed by atoms with E-state index in [1.54, 1.807) is 42.1 Å². The van der Waals surface area contributed by atoms with E-state index in [1.807, 2.05) is 0 Å². The van der Waals surface area contributed by atoms with Crippen LogP contribution in [0.15, 0.2) is 67.0 Å². The van der Waals surface area contributed by atoms with E-state index in [-0.39, 0.29) is 28.9 Å². The average Bonchev–Trinajstić information content (AvgIpc) is 3.41. The molecular formula is C25H17F3N4O3. The lowest BCUT2D eigenvalue weighted by Crippen LogP contribution is -2.23. The number of hydrogen-bond donors (Lipinski definition) is 1. The van der Waals surface area contributed by atoms with Crippen LogP contribution >= 0.6 is 0 Å². The van der Waals surface area contributed by atoms with Gasteiger partial charge in [-0.25, -0.2) is 14.5 Å². The molecule has 1 aliphatic heterocycles. The number of anilines is 1. The maximum Gasteiger partial charge on any atom is 0.416 e. The molecule has 0 spiro atoms. The van der Waals surface area contributed by atoms with E-state index in [0.717, 1.165) is 6.07 Å². The molecule has 0 saturated heterocycles. The van der Waals surface area contributed by atoms with Crippen molar-refractivity contribution in [2.45, 2.75) is 12.7 Å². The van der Waals surface area contributed by atoms with Crippen molar-refractivity contribution < 1.29 is 27.9 Å². The van der Waals surface area contributed by atoms with E-state index < -0.39 is 23.6 Å². The molecule has 0 bridgehead atoms. The SMILES string of the molecule is Cn1ncnc1-c1ccccc1-c1cc(C(=O)O)cc(N2Cc3c(cccc3C(F)(F)F)C2=O)c1. The number of aromatic nitrogens is 3. The van der Waals surface area contributed by atoms with Gasteiger partial charge in [-0.15, -0.1) is 0 Å². The van der Waals surface area contributed by atoms with Crippen LogP contribution in [-0.2, 0) is 19.8 Å². The topological polar surface area (TPSA) is 88.3 Å². The molecule has 0 unspecified atom stereocenters. The molecule has 1 aromatic heterocycles. The van der Waals surface area contributed by atoms with Crippen LogP contribution in [0.3, 0.4) is 0 Å². The molecule has 3 aromatic carbocycles. The third-order valence-corrected chi connectivity index (χ3v) is 5.94. The lowest BCUT2D eigenvalue weighted by molar-refractivity contribution is -0.138. The molecule has 1 N–H and O–H groups in total. The highest BCUT2D eigenvalue weighted by atomic mass is 19.4. The highest BCUT2D eigenvalue weighted by Gasteiger charge is 2.39. The molecule has 0 aliphatic carbocycles. The Morgan fingerprint density at radius 2 is 1.71 bits per heavy atom. The number of fused-ring (bicyclic) bond motifs is 1. The maximum atomic E-state index is 13.5. The van der Waals surface area contributed by atoms with Crippen molar-refractivity contribution in [1.29, 1.82) is 0 Å². The lowest BCUT2D eigenvalue weighted by Gasteiger charge is -2.19. The van der Waals surface area contributed by atoms with Crippen molar-refractivity contribution >= 4 is 17.6 Å². The van der Waals surface area contributed by atoms with Gasteiger partial charge in [-0.1, -0.05) is 30.3 Å². The van der Waals surface area contributed by atoms with Gasteiger partial charge in [0.25, 0.3) is 5.91 Å². The van der Waals surface area contributed by atoms with Crippen molar-refractivity contribution in [1.82, 2.24) is 14.8 Å². The zero-order valence-electron chi connectivity index (χ0n) is 18.2. The van der Waals surface area contributed by atoms with Gasteiger partial charge in [0.05, 0.1) is 17.7 Å². The van der Waals surface area contributed by atoms with E-state index in [0.29, 0.717) is 22.5 Å². The minimum atomic E-state index is -4.62. The molecule has 0 fully saturated rings. The summed E-state index contributed by atoms with van der Waals surface area (Å²) in [6.07, 6.45) is -3.23. The first kappa shape index (κ1) is 22.3. The zero-order chi connectivity index (χ0) is 24.9. The van der Waals surface area contributed by atoms with Crippen molar-refractivity contribution in [3.63, 3.8) is 0 Å². The van der Waals surface area contributed by atoms with Gasteiger partial charge < -0.3 is 10.0 Å². The van der Waals surface area contributed by atoms with E-state index in [9.17, 15) is 27.9 Å². The summed E-state index contributed by atoms with van der Waals surface area (Å²) in [5.41, 5.74) is 0.788. The number of alkyl halides is 3. The molecule has 2 heterocycles. The Balaban J connectivity index is 1.65. The number of carboxylic acids is 1. The van der Waals surface area contributed by atoms with Crippen LogP contribution in [0, 0.1) is 0 Å². The van der Waals surface area contributed by atoms with Gasteiger partial charge in [0.15, 0.2) is 5.82 Å². The van der Waals surface area contributed by atoms with E-state index >= 15 is 0 Å². The second kappa shape index (κ2) is 8.08. The lowest BCUT2D eigenvalue weighted by atomic mass is 9.96. The van der Waals surface area contributed by atoms with Gasteiger partial charge >= 0.3 is 12.1 Å². The number of carboxylic acid groups (broad SMARTS) is 1. The normalized spacial score (nSPS) is 13.3. The highest BCUT2D eigenvalue weighted by Crippen LogP contribution is 2.40. The molecule has 176 valence electrons. The van der Waals surface area contributed by atoms with Crippen LogP contribution in [0.5, 0.6) is 0 Å². The Hall–Kier alpha value is -4.47. The summed E-state index contributed by atoms with van der Waals surface area (Å²) >= 11 is 0. The fourth-order valence-electron chi connectivity index (χ4n) is 4.32. The summed E-state index contributed by atoms with van der Waals surface area (Å²) in [6.45, 7) is -0.322. The predicted octanol–water partition coefficient (Wildman–Crippen LogP) is 5.03. The smallest absolute Gasteiger partial charge is 0.416 e. The number of carbonyl (C=O) groups is 2. The first-order chi connectivity index (χ1) is 16.6. The van der Waals surface area contributed by atoms with Crippen LogP contribution < -0.4 is 4.90 Å². The third-order valence-electron chi connectivity index (χ3n) is 5.94. The summed E-state index contributed by atoms with van der Waals surface area (Å²) in [6, 6.07) is 15.0. The molecule has 1 amide bonds. The second-order valence-electron chi connectivity index (χ2n) is 8.05. The largest absolute Gasteiger partial charge is 0.478 e. The van der Waals surface area contributed by atoms with Gasteiger partial charge in [0, 0.05) is 23.9 Å². The minimum absolute atomic E-state index is 0.0541. The summed E-state index contributed by atoms with van der Waals surface area (Å²) in [4.78, 5) is 30.5. The van der Waals surface area contributed by atoms with Gasteiger partial charge in [-0.3, -0.25) is 4.79 Å². The van der Waals surface area contributed by atoms with Crippen LogP contribution in [0.2, 0.25) is 0 Å². The summed E-state index contributed by atoms with van der Waals surface area (Å²) in [7, 11) is 1.72. The quantitative estimate of drug-likeness (QED) is 0.445. The predicted molar refractivity (Wildman–Crippen MR) is 121 cm³/mol. The molecule has 0 atom stereocenters. The minimum Gasteiger partial charge on any atom is -0.478 e. The first-order valence-corrected chi connectivity index (χ1v) is 10.5. The molecule has 0 saturated carbocycles. The zero-order valence-corrected chi connectivity index (χ0v) is 18.2. The Bertz CT molecular complexity index is 1490. The average molecular weight is 478 g/mol. The monoisotopic (exact) mass is 478 g/mol. The van der Waals surface area contributed by atoms with E-state index in [4.69, 9.17) is 0 Å². The molecule has 10 heteroatoms. The molecule has 5 rings (SSSR count). The van der Waals surface area contributed by atoms with Crippen LogP contribution in [0.1, 0.15) is 31.8 Å². The molecule has 0 radical (unpaired) electrons. The number of halogens is 3. The maximum absolute atomic E-state index is 13.5. The van der Waals surface area contributed by atoms with Crippen molar-refractivity contribution in [3.8, 4) is 22.5 Å². The van der Waals surface area contributed by atoms with E-state index in [2.05, 4.69) is 10.1 Å². The fourth-order valence-corrected chi connectivity index (χ4v) is 4.32. The molecule has 35 heavy (non-hydrogen) atoms. The highest BCUT2D eigenvalue weighted by molar-refractivity contribution is 6.11. The number of hydrogen-bond acceptors (Lipinski definition) is 4. The fraction of sp³-hybridized carbons (Fsp3) is 0.120. The van der Waals surface area contributed by atoms with Gasteiger partial charge in [-0.2, -0.15) is 18.3 Å². The van der Waals surface area contributed by atoms with Gasteiger partial charge in [0.1, 0.15) is 6.33 Å². The Morgan fingerprint density at radius 1 is 1.00 bits per heavy atom. The third kappa shape index (κ3) is 3.82. The Labute approximate surface area is 197 Å². The standard InChI is InChI=1S/C25H17F3N4O3/c1-31-22(29-13-30-31)18-6-3-2-5-17(18)14-9-15(24(34)35)11-16(10-14)32-12-20-19(23(32)33)7-4-8-21(20)25(26,27)28/h2-11,13H,12H2,1H3,(H,34,35). The van der Waals surface area contributed by atoms with Crippen molar-refractivity contribution in [3.05, 3.63) is 89.2 Å². The number of nitrogens with zero attached hydrogens (tertiary/aromatic N) is 4. The van der Waals surface area contributed by atoms with Crippen LogP contribution in [-0.4, -0.2) is 31.7 Å². The number of aryl methyl sites for hydroxylation is 1. The molecule has 7 nitrogen and oxygen atoms in total. The second-order valence-corrected chi connectivity index (χ2v) is 8.05. The summed E-state index contributed by atoms with van der Waals surface area (Å²) in [5.74, 6) is -1.31. The Kier molecular flexibility index (Phi) is 5.16. The number of carbonyl (C=O) groups excluding carboxylic acids is 1. The van der Waals surface area contributed by atoms with Crippen LogP contribution in [0.25, 0.3) is 22.5 Å². The molecular weight excluding hydrogens is 461 g/mol.